The Bertz CT molecular complexity index is 741. The van der Waals surface area contributed by atoms with Crippen molar-refractivity contribution < 1.29 is 0 Å². The number of nitrogens with two attached hydrogens (primary N) is 1. The van der Waals surface area contributed by atoms with Gasteiger partial charge in [-0.25, -0.2) is 4.79 Å². The maximum absolute atomic E-state index is 12.1. The molecule has 0 saturated carbocycles. The van der Waals surface area contributed by atoms with Gasteiger partial charge in [-0.3, -0.25) is 13.9 Å². The minimum atomic E-state index is -0.379. The van der Waals surface area contributed by atoms with Crippen molar-refractivity contribution in [1.29, 1.82) is 0 Å². The average Bonchev–Trinajstić information content (AvgIpc) is 2.92. The third kappa shape index (κ3) is 2.85. The molecule has 0 radical (unpaired) electrons. The topological polar surface area (TPSA) is 102 Å². The molecule has 21 heavy (non-hydrogen) atoms. The number of unbranched alkanes of at least 4 members (excludes halogenated alkanes) is 2. The molecule has 0 unspecified atom stereocenters. The van der Waals surface area contributed by atoms with Crippen LogP contribution in [0.3, 0.4) is 0 Å². The van der Waals surface area contributed by atoms with E-state index in [2.05, 4.69) is 9.97 Å². The van der Waals surface area contributed by atoms with Gasteiger partial charge in [-0.15, -0.1) is 0 Å². The van der Waals surface area contributed by atoms with Gasteiger partial charge in [-0.05, 0) is 19.4 Å². The van der Waals surface area contributed by atoms with Crippen LogP contribution in [-0.4, -0.2) is 39.2 Å². The zero-order valence-corrected chi connectivity index (χ0v) is 12.7. The summed E-state index contributed by atoms with van der Waals surface area (Å²) in [6, 6.07) is 0. The first-order chi connectivity index (χ1) is 9.97. The molecule has 8 heteroatoms. The van der Waals surface area contributed by atoms with Gasteiger partial charge in [0.05, 0.1) is 0 Å². The molecule has 2 heterocycles. The van der Waals surface area contributed by atoms with Gasteiger partial charge >= 0.3 is 5.69 Å². The normalized spacial score (nSPS) is 11.2. The SMILES string of the molecule is CN(CCCCCN)c1nc2c([nH]1)c(=O)n(C)c(=O)n2C. The largest absolute Gasteiger partial charge is 0.345 e. The fourth-order valence-corrected chi connectivity index (χ4v) is 2.27. The molecule has 0 spiro atoms. The summed E-state index contributed by atoms with van der Waals surface area (Å²) in [5, 5.41) is 0. The molecule has 3 N–H and O–H groups in total. The highest BCUT2D eigenvalue weighted by atomic mass is 16.2. The summed E-state index contributed by atoms with van der Waals surface area (Å²) in [7, 11) is 4.97. The van der Waals surface area contributed by atoms with Gasteiger partial charge < -0.3 is 15.6 Å². The first kappa shape index (κ1) is 15.3. The Morgan fingerprint density at radius 3 is 2.57 bits per heavy atom. The number of imidazole rings is 1. The number of aromatic nitrogens is 4. The summed E-state index contributed by atoms with van der Waals surface area (Å²) in [5.74, 6) is 0.594. The molecular weight excluding hydrogens is 272 g/mol. The molecule has 0 aliphatic carbocycles. The summed E-state index contributed by atoms with van der Waals surface area (Å²) in [5.41, 5.74) is 5.46. The second-order valence-corrected chi connectivity index (χ2v) is 5.24. The number of anilines is 1. The van der Waals surface area contributed by atoms with E-state index >= 15 is 0 Å². The van der Waals surface area contributed by atoms with E-state index in [1.807, 2.05) is 11.9 Å². The first-order valence-electron chi connectivity index (χ1n) is 7.04. The molecule has 0 amide bonds. The lowest BCUT2D eigenvalue weighted by atomic mass is 10.2. The molecular formula is C13H22N6O2. The van der Waals surface area contributed by atoms with Crippen molar-refractivity contribution in [2.75, 3.05) is 25.0 Å². The molecule has 2 aromatic heterocycles. The molecule has 0 aliphatic heterocycles. The highest BCUT2D eigenvalue weighted by molar-refractivity contribution is 5.72. The number of rotatable bonds is 6. The molecule has 0 saturated heterocycles. The summed E-state index contributed by atoms with van der Waals surface area (Å²) >= 11 is 0. The van der Waals surface area contributed by atoms with Crippen LogP contribution in [0.1, 0.15) is 19.3 Å². The molecule has 116 valence electrons. The maximum atomic E-state index is 12.1. The Hall–Kier alpha value is -2.09. The van der Waals surface area contributed by atoms with E-state index in [0.717, 1.165) is 30.4 Å². The minimum absolute atomic E-state index is 0.350. The van der Waals surface area contributed by atoms with Gasteiger partial charge in [-0.2, -0.15) is 4.98 Å². The van der Waals surface area contributed by atoms with Crippen LogP contribution < -0.4 is 21.9 Å². The van der Waals surface area contributed by atoms with Gasteiger partial charge in [0.2, 0.25) is 5.95 Å². The van der Waals surface area contributed by atoms with E-state index in [9.17, 15) is 9.59 Å². The van der Waals surface area contributed by atoms with Crippen molar-refractivity contribution in [3.63, 3.8) is 0 Å². The van der Waals surface area contributed by atoms with Gasteiger partial charge in [0.1, 0.15) is 0 Å². The number of aromatic amines is 1. The van der Waals surface area contributed by atoms with Crippen LogP contribution in [0.25, 0.3) is 11.2 Å². The van der Waals surface area contributed by atoms with Crippen molar-refractivity contribution in [1.82, 2.24) is 19.1 Å². The Morgan fingerprint density at radius 1 is 1.19 bits per heavy atom. The average molecular weight is 294 g/mol. The van der Waals surface area contributed by atoms with Crippen LogP contribution in [0.15, 0.2) is 9.59 Å². The molecule has 0 bridgehead atoms. The van der Waals surface area contributed by atoms with Crippen molar-refractivity contribution in [2.45, 2.75) is 19.3 Å². The number of hydrogen-bond donors (Lipinski definition) is 2. The van der Waals surface area contributed by atoms with Crippen LogP contribution in [0.5, 0.6) is 0 Å². The van der Waals surface area contributed by atoms with Crippen LogP contribution in [-0.2, 0) is 14.1 Å². The summed E-state index contributed by atoms with van der Waals surface area (Å²) < 4.78 is 2.45. The third-order valence-electron chi connectivity index (χ3n) is 3.64. The van der Waals surface area contributed by atoms with Gasteiger partial charge in [0.25, 0.3) is 5.56 Å². The number of aryl methyl sites for hydroxylation is 1. The van der Waals surface area contributed by atoms with E-state index in [0.29, 0.717) is 23.7 Å². The van der Waals surface area contributed by atoms with E-state index < -0.39 is 0 Å². The van der Waals surface area contributed by atoms with Crippen LogP contribution in [0.4, 0.5) is 5.95 Å². The lowest BCUT2D eigenvalue weighted by Gasteiger charge is -2.15. The molecule has 2 aromatic rings. The molecule has 8 nitrogen and oxygen atoms in total. The Labute approximate surface area is 122 Å². The van der Waals surface area contributed by atoms with Gasteiger partial charge in [0, 0.05) is 27.7 Å². The number of nitrogens with zero attached hydrogens (tertiary/aromatic N) is 4. The van der Waals surface area contributed by atoms with E-state index in [4.69, 9.17) is 5.73 Å². The van der Waals surface area contributed by atoms with E-state index in [-0.39, 0.29) is 11.2 Å². The summed E-state index contributed by atoms with van der Waals surface area (Å²) in [6.07, 6.45) is 3.06. The smallest absolute Gasteiger partial charge is 0.332 e. The zero-order valence-electron chi connectivity index (χ0n) is 12.7. The predicted octanol–water partition coefficient (Wildman–Crippen LogP) is -0.474. The van der Waals surface area contributed by atoms with Gasteiger partial charge in [-0.1, -0.05) is 6.42 Å². The highest BCUT2D eigenvalue weighted by Crippen LogP contribution is 2.12. The Morgan fingerprint density at radius 2 is 1.90 bits per heavy atom. The van der Waals surface area contributed by atoms with Crippen LogP contribution >= 0.6 is 0 Å². The maximum Gasteiger partial charge on any atom is 0.332 e. The molecule has 2 rings (SSSR count). The lowest BCUT2D eigenvalue weighted by molar-refractivity contribution is 0.674. The van der Waals surface area contributed by atoms with Crippen molar-refractivity contribution in [3.05, 3.63) is 20.8 Å². The molecule has 0 atom stereocenters. The van der Waals surface area contributed by atoms with Gasteiger partial charge in [0.15, 0.2) is 11.2 Å². The van der Waals surface area contributed by atoms with Crippen molar-refractivity contribution >= 4 is 17.1 Å². The molecule has 0 aliphatic rings. The number of fused-ring (bicyclic) bond motifs is 1. The van der Waals surface area contributed by atoms with E-state index in [1.54, 1.807) is 7.05 Å². The predicted molar refractivity (Wildman–Crippen MR) is 82.8 cm³/mol. The van der Waals surface area contributed by atoms with Crippen molar-refractivity contribution in [3.8, 4) is 0 Å². The fraction of sp³-hybridized carbons (Fsp3) is 0.615. The second-order valence-electron chi connectivity index (χ2n) is 5.24. The first-order valence-corrected chi connectivity index (χ1v) is 7.04. The van der Waals surface area contributed by atoms with Crippen molar-refractivity contribution in [2.24, 2.45) is 19.8 Å². The molecule has 0 aromatic carbocycles. The Kier molecular flexibility index (Phi) is 4.46. The molecule has 0 fully saturated rings. The van der Waals surface area contributed by atoms with Crippen LogP contribution in [0.2, 0.25) is 0 Å². The lowest BCUT2D eigenvalue weighted by Crippen LogP contribution is -2.36. The monoisotopic (exact) mass is 294 g/mol. The second kappa shape index (κ2) is 6.13. The van der Waals surface area contributed by atoms with E-state index in [1.165, 1.54) is 11.6 Å². The quantitative estimate of drug-likeness (QED) is 0.701. The fourth-order valence-electron chi connectivity index (χ4n) is 2.27. The standard InChI is InChI=1S/C13H22N6O2/c1-17(8-6-4-5-7-14)12-15-9-10(16-12)18(2)13(21)19(3)11(9)20/h4-8,14H2,1-3H3,(H,15,16). The number of hydrogen-bond acceptors (Lipinski definition) is 5. The number of nitrogens with one attached hydrogen (secondary N) is 1. The zero-order chi connectivity index (χ0) is 15.6. The van der Waals surface area contributed by atoms with Crippen LogP contribution in [0, 0.1) is 0 Å². The highest BCUT2D eigenvalue weighted by Gasteiger charge is 2.15. The minimum Gasteiger partial charge on any atom is -0.345 e. The Balaban J connectivity index is 2.31. The summed E-state index contributed by atoms with van der Waals surface area (Å²) in [4.78, 5) is 33.3. The third-order valence-corrected chi connectivity index (χ3v) is 3.64. The summed E-state index contributed by atoms with van der Waals surface area (Å²) in [6.45, 7) is 1.51. The number of H-pyrrole nitrogens is 1.